The van der Waals surface area contributed by atoms with Crippen LogP contribution < -0.4 is 5.32 Å². The number of benzene rings is 2. The van der Waals surface area contributed by atoms with Crippen LogP contribution in [0.1, 0.15) is 40.1 Å². The topological polar surface area (TPSA) is 42.0 Å². The van der Waals surface area contributed by atoms with Crippen LogP contribution in [0.25, 0.3) is 10.9 Å². The van der Waals surface area contributed by atoms with Crippen molar-refractivity contribution in [3.63, 3.8) is 0 Å². The van der Waals surface area contributed by atoms with Crippen molar-refractivity contribution >= 4 is 16.8 Å². The van der Waals surface area contributed by atoms with Gasteiger partial charge in [-0.25, -0.2) is 0 Å². The van der Waals surface area contributed by atoms with Crippen molar-refractivity contribution in [1.29, 1.82) is 0 Å². The van der Waals surface area contributed by atoms with E-state index in [1.165, 1.54) is 0 Å². The van der Waals surface area contributed by atoms with Gasteiger partial charge in [0.25, 0.3) is 5.91 Å². The minimum absolute atomic E-state index is 0.0444. The minimum Gasteiger partial charge on any atom is -0.345 e. The molecule has 0 spiro atoms. The van der Waals surface area contributed by atoms with E-state index < -0.39 is 0 Å². The molecule has 0 aliphatic rings. The maximum atomic E-state index is 12.8. The standard InChI is InChI=1S/C20H20N2O/c1-13-9-10-19-17(11-13)18(12-14(2)21-19)20(23)22-15(3)16-7-5-4-6-8-16/h4-12,15H,1-3H3,(H,22,23)/t15-/m0/s1. The first kappa shape index (κ1) is 15.2. The number of rotatable bonds is 3. The lowest BCUT2D eigenvalue weighted by atomic mass is 10.0. The summed E-state index contributed by atoms with van der Waals surface area (Å²) in [7, 11) is 0. The van der Waals surface area contributed by atoms with E-state index in [0.717, 1.165) is 27.7 Å². The number of nitrogens with zero attached hydrogens (tertiary/aromatic N) is 1. The van der Waals surface area contributed by atoms with Gasteiger partial charge in [-0.2, -0.15) is 0 Å². The highest BCUT2D eigenvalue weighted by molar-refractivity contribution is 6.06. The Bertz CT molecular complexity index is 856. The van der Waals surface area contributed by atoms with Gasteiger partial charge in [0.1, 0.15) is 0 Å². The van der Waals surface area contributed by atoms with Gasteiger partial charge in [0, 0.05) is 11.1 Å². The fraction of sp³-hybridized carbons (Fsp3) is 0.200. The number of pyridine rings is 1. The Morgan fingerprint density at radius 2 is 1.78 bits per heavy atom. The molecule has 0 aliphatic heterocycles. The molecule has 0 saturated carbocycles. The van der Waals surface area contributed by atoms with Crippen LogP contribution >= 0.6 is 0 Å². The predicted octanol–water partition coefficient (Wildman–Crippen LogP) is 4.34. The zero-order valence-electron chi connectivity index (χ0n) is 13.6. The molecular formula is C20H20N2O. The van der Waals surface area contributed by atoms with Crippen LogP contribution in [-0.4, -0.2) is 10.9 Å². The summed E-state index contributed by atoms with van der Waals surface area (Å²) in [6.07, 6.45) is 0. The molecule has 23 heavy (non-hydrogen) atoms. The summed E-state index contributed by atoms with van der Waals surface area (Å²) < 4.78 is 0. The second-order valence-electron chi connectivity index (χ2n) is 5.94. The van der Waals surface area contributed by atoms with E-state index in [1.54, 1.807) is 0 Å². The van der Waals surface area contributed by atoms with Crippen molar-refractivity contribution in [3.05, 3.63) is 77.0 Å². The molecule has 116 valence electrons. The third-order valence-electron chi connectivity index (χ3n) is 3.98. The molecule has 3 nitrogen and oxygen atoms in total. The number of hydrogen-bond donors (Lipinski definition) is 1. The Morgan fingerprint density at radius 1 is 1.04 bits per heavy atom. The molecule has 3 rings (SSSR count). The van der Waals surface area contributed by atoms with Crippen LogP contribution in [0.5, 0.6) is 0 Å². The summed E-state index contributed by atoms with van der Waals surface area (Å²) in [4.78, 5) is 17.3. The number of carbonyl (C=O) groups excluding carboxylic acids is 1. The smallest absolute Gasteiger partial charge is 0.252 e. The van der Waals surface area contributed by atoms with Crippen LogP contribution in [0.3, 0.4) is 0 Å². The Hall–Kier alpha value is -2.68. The van der Waals surface area contributed by atoms with E-state index in [-0.39, 0.29) is 11.9 Å². The van der Waals surface area contributed by atoms with E-state index >= 15 is 0 Å². The van der Waals surface area contributed by atoms with E-state index in [2.05, 4.69) is 10.3 Å². The van der Waals surface area contributed by atoms with E-state index in [9.17, 15) is 4.79 Å². The highest BCUT2D eigenvalue weighted by Gasteiger charge is 2.15. The summed E-state index contributed by atoms with van der Waals surface area (Å²) >= 11 is 0. The third kappa shape index (κ3) is 3.24. The highest BCUT2D eigenvalue weighted by Crippen LogP contribution is 2.21. The van der Waals surface area contributed by atoms with Crippen LogP contribution in [-0.2, 0) is 0 Å². The van der Waals surface area contributed by atoms with Gasteiger partial charge in [-0.15, -0.1) is 0 Å². The highest BCUT2D eigenvalue weighted by atomic mass is 16.1. The van der Waals surface area contributed by atoms with Crippen LogP contribution in [0.15, 0.2) is 54.6 Å². The molecule has 0 saturated heterocycles. The van der Waals surface area contributed by atoms with Gasteiger partial charge in [0.05, 0.1) is 17.1 Å². The second kappa shape index (κ2) is 6.21. The van der Waals surface area contributed by atoms with Crippen molar-refractivity contribution in [2.75, 3.05) is 0 Å². The molecule has 2 aromatic carbocycles. The molecule has 0 fully saturated rings. The molecule has 3 aromatic rings. The molecule has 0 bridgehead atoms. The summed E-state index contributed by atoms with van der Waals surface area (Å²) in [6.45, 7) is 5.93. The van der Waals surface area contributed by atoms with Crippen molar-refractivity contribution in [1.82, 2.24) is 10.3 Å². The lowest BCUT2D eigenvalue weighted by molar-refractivity contribution is 0.0941. The lowest BCUT2D eigenvalue weighted by Crippen LogP contribution is -2.27. The molecule has 1 aromatic heterocycles. The van der Waals surface area contributed by atoms with Gasteiger partial charge >= 0.3 is 0 Å². The average Bonchev–Trinajstić information content (AvgIpc) is 2.55. The normalized spacial score (nSPS) is 12.1. The fourth-order valence-electron chi connectivity index (χ4n) is 2.76. The number of aromatic nitrogens is 1. The first-order chi connectivity index (χ1) is 11.0. The quantitative estimate of drug-likeness (QED) is 0.782. The molecule has 1 atom stereocenters. The van der Waals surface area contributed by atoms with E-state index in [1.807, 2.05) is 75.4 Å². The molecule has 0 radical (unpaired) electrons. The Balaban J connectivity index is 1.96. The lowest BCUT2D eigenvalue weighted by Gasteiger charge is -2.15. The number of fused-ring (bicyclic) bond motifs is 1. The molecule has 1 amide bonds. The van der Waals surface area contributed by atoms with Crippen LogP contribution in [0.4, 0.5) is 0 Å². The van der Waals surface area contributed by atoms with Crippen LogP contribution in [0.2, 0.25) is 0 Å². The number of hydrogen-bond acceptors (Lipinski definition) is 2. The molecule has 0 unspecified atom stereocenters. The number of amides is 1. The maximum Gasteiger partial charge on any atom is 0.252 e. The van der Waals surface area contributed by atoms with Gasteiger partial charge < -0.3 is 5.32 Å². The summed E-state index contributed by atoms with van der Waals surface area (Å²) in [5.74, 6) is -0.0672. The van der Waals surface area contributed by atoms with E-state index in [0.29, 0.717) is 5.56 Å². The molecule has 0 aliphatic carbocycles. The van der Waals surface area contributed by atoms with Gasteiger partial charge in [0.2, 0.25) is 0 Å². The molecule has 3 heteroatoms. The maximum absolute atomic E-state index is 12.8. The minimum atomic E-state index is -0.0672. The number of aryl methyl sites for hydroxylation is 2. The summed E-state index contributed by atoms with van der Waals surface area (Å²) in [5.41, 5.74) is 4.59. The first-order valence-electron chi connectivity index (χ1n) is 7.78. The third-order valence-corrected chi connectivity index (χ3v) is 3.98. The fourth-order valence-corrected chi connectivity index (χ4v) is 2.76. The van der Waals surface area contributed by atoms with Crippen LogP contribution in [0, 0.1) is 13.8 Å². The van der Waals surface area contributed by atoms with Crippen molar-refractivity contribution in [2.45, 2.75) is 26.8 Å². The van der Waals surface area contributed by atoms with Gasteiger partial charge in [-0.1, -0.05) is 42.0 Å². The monoisotopic (exact) mass is 304 g/mol. The Morgan fingerprint density at radius 3 is 2.52 bits per heavy atom. The van der Waals surface area contributed by atoms with E-state index in [4.69, 9.17) is 0 Å². The summed E-state index contributed by atoms with van der Waals surface area (Å²) in [6, 6.07) is 17.8. The average molecular weight is 304 g/mol. The first-order valence-corrected chi connectivity index (χ1v) is 7.78. The van der Waals surface area contributed by atoms with Gasteiger partial charge in [-0.05, 0) is 44.5 Å². The predicted molar refractivity (Wildman–Crippen MR) is 93.5 cm³/mol. The molecule has 1 heterocycles. The zero-order valence-corrected chi connectivity index (χ0v) is 13.6. The Labute approximate surface area is 136 Å². The number of carbonyl (C=O) groups is 1. The molecule has 1 N–H and O–H groups in total. The second-order valence-corrected chi connectivity index (χ2v) is 5.94. The van der Waals surface area contributed by atoms with Gasteiger partial charge in [0.15, 0.2) is 0 Å². The van der Waals surface area contributed by atoms with Gasteiger partial charge in [-0.3, -0.25) is 9.78 Å². The van der Waals surface area contributed by atoms with Crippen molar-refractivity contribution in [2.24, 2.45) is 0 Å². The summed E-state index contributed by atoms with van der Waals surface area (Å²) in [5, 5.41) is 3.98. The van der Waals surface area contributed by atoms with Crippen molar-refractivity contribution in [3.8, 4) is 0 Å². The Kier molecular flexibility index (Phi) is 4.11. The molecular weight excluding hydrogens is 284 g/mol. The SMILES string of the molecule is Cc1ccc2nc(C)cc(C(=O)N[C@@H](C)c3ccccc3)c2c1. The largest absolute Gasteiger partial charge is 0.345 e. The zero-order chi connectivity index (χ0) is 16.4. The van der Waals surface area contributed by atoms with Crippen molar-refractivity contribution < 1.29 is 4.79 Å². The number of nitrogens with one attached hydrogen (secondary N) is 1.